The highest BCUT2D eigenvalue weighted by atomic mass is 35.5. The first-order valence-electron chi connectivity index (χ1n) is 5.84. The molecule has 1 unspecified atom stereocenters. The second-order valence-electron chi connectivity index (χ2n) is 4.57. The van der Waals surface area contributed by atoms with E-state index in [9.17, 15) is 12.8 Å². The number of rotatable bonds is 6. The molecule has 0 amide bonds. The van der Waals surface area contributed by atoms with E-state index >= 15 is 0 Å². The van der Waals surface area contributed by atoms with E-state index < -0.39 is 26.3 Å². The van der Waals surface area contributed by atoms with Gasteiger partial charge in [0.25, 0.3) is 0 Å². The molecule has 4 nitrogen and oxygen atoms in total. The van der Waals surface area contributed by atoms with Crippen molar-refractivity contribution in [2.75, 3.05) is 6.61 Å². The van der Waals surface area contributed by atoms with Gasteiger partial charge in [-0.25, -0.2) is 17.5 Å². The molecule has 0 aromatic heterocycles. The van der Waals surface area contributed by atoms with Gasteiger partial charge in [0.15, 0.2) is 0 Å². The van der Waals surface area contributed by atoms with Gasteiger partial charge in [0, 0.05) is 17.2 Å². The molecule has 0 spiro atoms. The molecule has 0 saturated heterocycles. The summed E-state index contributed by atoms with van der Waals surface area (Å²) >= 11 is 5.59. The predicted octanol–water partition coefficient (Wildman–Crippen LogP) is 2.31. The van der Waals surface area contributed by atoms with Gasteiger partial charge in [-0.3, -0.25) is 0 Å². The molecule has 1 aromatic rings. The average Bonchev–Trinajstić information content (AvgIpc) is 2.27. The maximum absolute atomic E-state index is 13.7. The van der Waals surface area contributed by atoms with E-state index in [0.717, 1.165) is 12.1 Å². The molecular formula is C12H17ClFNO3S. The van der Waals surface area contributed by atoms with Crippen molar-refractivity contribution < 1.29 is 17.9 Å². The van der Waals surface area contributed by atoms with Crippen LogP contribution in [0.4, 0.5) is 4.39 Å². The molecule has 2 N–H and O–H groups in total. The number of sulfonamides is 1. The van der Waals surface area contributed by atoms with Crippen molar-refractivity contribution in [1.82, 2.24) is 4.72 Å². The van der Waals surface area contributed by atoms with E-state index in [2.05, 4.69) is 4.72 Å². The fourth-order valence-electron chi connectivity index (χ4n) is 1.62. The molecule has 0 aliphatic carbocycles. The van der Waals surface area contributed by atoms with Crippen LogP contribution in [0.3, 0.4) is 0 Å². The SMILES string of the molecule is CCC(C)(CCO)NS(=O)(=O)c1ccc(Cl)cc1F. The lowest BCUT2D eigenvalue weighted by Gasteiger charge is -2.28. The third kappa shape index (κ3) is 4.14. The zero-order chi connectivity index (χ0) is 14.7. The zero-order valence-corrected chi connectivity index (χ0v) is 12.4. The Bertz CT molecular complexity index is 550. The van der Waals surface area contributed by atoms with Crippen molar-refractivity contribution in [1.29, 1.82) is 0 Å². The number of halogens is 2. The highest BCUT2D eigenvalue weighted by Crippen LogP contribution is 2.22. The monoisotopic (exact) mass is 309 g/mol. The van der Waals surface area contributed by atoms with Crippen LogP contribution in [-0.2, 0) is 10.0 Å². The van der Waals surface area contributed by atoms with Crippen LogP contribution >= 0.6 is 11.6 Å². The van der Waals surface area contributed by atoms with Gasteiger partial charge < -0.3 is 5.11 Å². The van der Waals surface area contributed by atoms with Crippen molar-refractivity contribution in [3.05, 3.63) is 29.0 Å². The van der Waals surface area contributed by atoms with E-state index in [4.69, 9.17) is 16.7 Å². The number of hydrogen-bond acceptors (Lipinski definition) is 3. The number of aliphatic hydroxyl groups is 1. The molecule has 0 radical (unpaired) electrons. The lowest BCUT2D eigenvalue weighted by atomic mass is 9.97. The Labute approximate surface area is 117 Å². The Hall–Kier alpha value is -0.690. The molecule has 0 heterocycles. The summed E-state index contributed by atoms with van der Waals surface area (Å²) in [4.78, 5) is -0.450. The van der Waals surface area contributed by atoms with E-state index in [1.165, 1.54) is 6.07 Å². The van der Waals surface area contributed by atoms with Gasteiger partial charge in [-0.15, -0.1) is 0 Å². The van der Waals surface area contributed by atoms with Gasteiger partial charge >= 0.3 is 0 Å². The maximum atomic E-state index is 13.7. The smallest absolute Gasteiger partial charge is 0.243 e. The third-order valence-corrected chi connectivity index (χ3v) is 4.91. The summed E-state index contributed by atoms with van der Waals surface area (Å²) in [6, 6.07) is 3.38. The number of aliphatic hydroxyl groups excluding tert-OH is 1. The molecule has 108 valence electrons. The van der Waals surface area contributed by atoms with E-state index in [0.29, 0.717) is 6.42 Å². The summed E-state index contributed by atoms with van der Waals surface area (Å²) in [5.41, 5.74) is -0.820. The zero-order valence-electron chi connectivity index (χ0n) is 10.8. The number of nitrogens with one attached hydrogen (secondary N) is 1. The van der Waals surface area contributed by atoms with Crippen LogP contribution in [0.25, 0.3) is 0 Å². The molecule has 0 bridgehead atoms. The summed E-state index contributed by atoms with van der Waals surface area (Å²) < 4.78 is 40.4. The molecule has 0 saturated carbocycles. The summed E-state index contributed by atoms with van der Waals surface area (Å²) in [6.07, 6.45) is 0.722. The van der Waals surface area contributed by atoms with Gasteiger partial charge in [-0.05, 0) is 38.0 Å². The van der Waals surface area contributed by atoms with Crippen LogP contribution in [0.1, 0.15) is 26.7 Å². The Kier molecular flexibility index (Phi) is 5.32. The first-order chi connectivity index (χ1) is 8.74. The minimum atomic E-state index is -3.99. The molecule has 7 heteroatoms. The van der Waals surface area contributed by atoms with Crippen LogP contribution in [0, 0.1) is 5.82 Å². The molecule has 0 fully saturated rings. The molecule has 0 aliphatic rings. The van der Waals surface area contributed by atoms with Gasteiger partial charge in [-0.1, -0.05) is 18.5 Å². The molecular weight excluding hydrogens is 293 g/mol. The Morgan fingerprint density at radius 3 is 2.58 bits per heavy atom. The van der Waals surface area contributed by atoms with Crippen LogP contribution < -0.4 is 4.72 Å². The van der Waals surface area contributed by atoms with Gasteiger partial charge in [-0.2, -0.15) is 0 Å². The van der Waals surface area contributed by atoms with E-state index in [-0.39, 0.29) is 18.1 Å². The lowest BCUT2D eigenvalue weighted by Crippen LogP contribution is -2.46. The lowest BCUT2D eigenvalue weighted by molar-refractivity contribution is 0.233. The van der Waals surface area contributed by atoms with Crippen molar-refractivity contribution in [3.8, 4) is 0 Å². The van der Waals surface area contributed by atoms with Crippen molar-refractivity contribution >= 4 is 21.6 Å². The minimum absolute atomic E-state index is 0.130. The molecule has 19 heavy (non-hydrogen) atoms. The summed E-state index contributed by atoms with van der Waals surface area (Å²) in [6.45, 7) is 3.29. The first-order valence-corrected chi connectivity index (χ1v) is 7.70. The first kappa shape index (κ1) is 16.4. The summed E-state index contributed by atoms with van der Waals surface area (Å²) in [5, 5.41) is 9.09. The van der Waals surface area contributed by atoms with Crippen molar-refractivity contribution in [2.24, 2.45) is 0 Å². The van der Waals surface area contributed by atoms with Crippen molar-refractivity contribution in [3.63, 3.8) is 0 Å². The van der Waals surface area contributed by atoms with Crippen LogP contribution in [0.2, 0.25) is 5.02 Å². The topological polar surface area (TPSA) is 66.4 Å². The summed E-state index contributed by atoms with van der Waals surface area (Å²) in [5.74, 6) is -0.901. The van der Waals surface area contributed by atoms with Gasteiger partial charge in [0.05, 0.1) is 0 Å². The Morgan fingerprint density at radius 2 is 2.11 bits per heavy atom. The molecule has 1 aromatic carbocycles. The average molecular weight is 310 g/mol. The normalized spacial score (nSPS) is 15.2. The highest BCUT2D eigenvalue weighted by molar-refractivity contribution is 7.89. The second-order valence-corrected chi connectivity index (χ2v) is 6.66. The Morgan fingerprint density at radius 1 is 1.47 bits per heavy atom. The molecule has 0 aliphatic heterocycles. The summed E-state index contributed by atoms with van der Waals surface area (Å²) in [7, 11) is -3.99. The van der Waals surface area contributed by atoms with Crippen molar-refractivity contribution in [2.45, 2.75) is 37.1 Å². The molecule has 1 atom stereocenters. The maximum Gasteiger partial charge on any atom is 0.243 e. The fourth-order valence-corrected chi connectivity index (χ4v) is 3.35. The standard InChI is InChI=1S/C12H17ClFNO3S/c1-3-12(2,6-7-16)15-19(17,18)11-5-4-9(13)8-10(11)14/h4-5,8,15-16H,3,6-7H2,1-2H3. The number of benzene rings is 1. The number of hydrogen-bond donors (Lipinski definition) is 2. The van der Waals surface area contributed by atoms with Gasteiger partial charge in [0.1, 0.15) is 10.7 Å². The van der Waals surface area contributed by atoms with Crippen LogP contribution in [0.15, 0.2) is 23.1 Å². The van der Waals surface area contributed by atoms with E-state index in [1.54, 1.807) is 13.8 Å². The largest absolute Gasteiger partial charge is 0.396 e. The minimum Gasteiger partial charge on any atom is -0.396 e. The highest BCUT2D eigenvalue weighted by Gasteiger charge is 2.30. The van der Waals surface area contributed by atoms with Gasteiger partial charge in [0.2, 0.25) is 10.0 Å². The Balaban J connectivity index is 3.10. The third-order valence-electron chi connectivity index (χ3n) is 3.01. The molecule has 1 rings (SSSR count). The quantitative estimate of drug-likeness (QED) is 0.847. The fraction of sp³-hybridized carbons (Fsp3) is 0.500. The van der Waals surface area contributed by atoms with Crippen LogP contribution in [-0.4, -0.2) is 25.7 Å². The van der Waals surface area contributed by atoms with E-state index in [1.807, 2.05) is 0 Å². The predicted molar refractivity (Wildman–Crippen MR) is 72.1 cm³/mol. The second kappa shape index (κ2) is 6.17. The van der Waals surface area contributed by atoms with Crippen LogP contribution in [0.5, 0.6) is 0 Å².